The van der Waals surface area contributed by atoms with E-state index in [-0.39, 0.29) is 12.5 Å². The Morgan fingerprint density at radius 3 is 2.85 bits per heavy atom. The number of hydrogen-bond acceptors (Lipinski definition) is 4. The number of nitrogens with zero attached hydrogens (tertiary/aromatic N) is 2. The van der Waals surface area contributed by atoms with Gasteiger partial charge in [0.25, 0.3) is 0 Å². The van der Waals surface area contributed by atoms with Gasteiger partial charge in [-0.2, -0.15) is 0 Å². The van der Waals surface area contributed by atoms with Crippen LogP contribution in [0.1, 0.15) is 5.56 Å². The third kappa shape index (κ3) is 2.96. The second kappa shape index (κ2) is 6.70. The Hall–Kier alpha value is -2.86. The van der Waals surface area contributed by atoms with Crippen LogP contribution in [0.2, 0.25) is 0 Å². The van der Waals surface area contributed by atoms with Crippen LogP contribution in [0.5, 0.6) is 0 Å². The lowest BCUT2D eigenvalue weighted by Gasteiger charge is -2.24. The molecule has 1 unspecified atom stereocenters. The van der Waals surface area contributed by atoms with E-state index in [1.807, 2.05) is 36.4 Å². The highest BCUT2D eigenvalue weighted by atomic mass is 16.4. The number of likely N-dealkylation sites (tertiary alicyclic amines) is 2. The fourth-order valence-corrected chi connectivity index (χ4v) is 4.36. The van der Waals surface area contributed by atoms with Crippen molar-refractivity contribution in [3.63, 3.8) is 0 Å². The molecule has 27 heavy (non-hydrogen) atoms. The molecule has 1 aromatic carbocycles. The fourth-order valence-electron chi connectivity index (χ4n) is 4.36. The van der Waals surface area contributed by atoms with E-state index in [2.05, 4.69) is 11.5 Å². The van der Waals surface area contributed by atoms with Crippen molar-refractivity contribution in [3.8, 4) is 11.3 Å². The van der Waals surface area contributed by atoms with Crippen molar-refractivity contribution in [2.24, 2.45) is 11.3 Å². The number of carboxylic acid groups (broad SMARTS) is 1. The molecule has 6 heteroatoms. The first-order chi connectivity index (χ1) is 13.0. The summed E-state index contributed by atoms with van der Waals surface area (Å²) in [4.78, 5) is 28.4. The third-order valence-corrected chi connectivity index (χ3v) is 5.61. The van der Waals surface area contributed by atoms with Crippen LogP contribution in [-0.2, 0) is 16.1 Å². The summed E-state index contributed by atoms with van der Waals surface area (Å²) in [7, 11) is 0. The summed E-state index contributed by atoms with van der Waals surface area (Å²) in [5.74, 6) is -0.668. The van der Waals surface area contributed by atoms with Gasteiger partial charge in [0.05, 0.1) is 12.2 Å². The summed E-state index contributed by atoms with van der Waals surface area (Å²) < 4.78 is 5.45. The fraction of sp³-hybridized carbons (Fsp3) is 0.333. The monoisotopic (exact) mass is 366 g/mol. The molecule has 1 N–H and O–H groups in total. The Morgan fingerprint density at radius 2 is 2.19 bits per heavy atom. The summed E-state index contributed by atoms with van der Waals surface area (Å²) in [5.41, 5.74) is 1.02. The van der Waals surface area contributed by atoms with Gasteiger partial charge in [0.15, 0.2) is 0 Å². The first kappa shape index (κ1) is 17.5. The minimum Gasteiger partial charge on any atom is -0.481 e. The van der Waals surface area contributed by atoms with Crippen LogP contribution in [0, 0.1) is 11.3 Å². The van der Waals surface area contributed by atoms with Crippen LogP contribution in [0.25, 0.3) is 11.3 Å². The van der Waals surface area contributed by atoms with Crippen molar-refractivity contribution in [2.75, 3.05) is 26.2 Å². The number of carboxylic acids is 1. The van der Waals surface area contributed by atoms with Gasteiger partial charge < -0.3 is 14.4 Å². The van der Waals surface area contributed by atoms with E-state index in [0.29, 0.717) is 26.2 Å². The van der Waals surface area contributed by atoms with E-state index in [1.54, 1.807) is 17.2 Å². The Labute approximate surface area is 157 Å². The maximum absolute atomic E-state index is 12.7. The van der Waals surface area contributed by atoms with Gasteiger partial charge in [-0.3, -0.25) is 14.5 Å². The van der Waals surface area contributed by atoms with Crippen molar-refractivity contribution < 1.29 is 19.1 Å². The largest absolute Gasteiger partial charge is 0.481 e. The Balaban J connectivity index is 1.53. The second-order valence-corrected chi connectivity index (χ2v) is 7.37. The summed E-state index contributed by atoms with van der Waals surface area (Å²) in [6.45, 7) is 5.75. The number of carbonyl (C=O) groups is 2. The number of amides is 1. The van der Waals surface area contributed by atoms with E-state index in [0.717, 1.165) is 16.9 Å². The zero-order valence-electron chi connectivity index (χ0n) is 15.0. The molecule has 2 aromatic rings. The van der Waals surface area contributed by atoms with Gasteiger partial charge in [-0.15, -0.1) is 6.58 Å². The zero-order valence-corrected chi connectivity index (χ0v) is 15.0. The number of furan rings is 1. The molecule has 2 fully saturated rings. The van der Waals surface area contributed by atoms with Crippen LogP contribution in [0.3, 0.4) is 0 Å². The second-order valence-electron chi connectivity index (χ2n) is 7.37. The van der Waals surface area contributed by atoms with Crippen LogP contribution in [0.4, 0.5) is 0 Å². The van der Waals surface area contributed by atoms with E-state index in [9.17, 15) is 14.7 Å². The molecule has 0 radical (unpaired) electrons. The summed E-state index contributed by atoms with van der Waals surface area (Å²) in [5, 5.41) is 9.89. The van der Waals surface area contributed by atoms with Crippen molar-refractivity contribution in [1.82, 2.24) is 9.80 Å². The minimum atomic E-state index is -1.03. The predicted molar refractivity (Wildman–Crippen MR) is 99.8 cm³/mol. The summed E-state index contributed by atoms with van der Waals surface area (Å²) >= 11 is 0. The average Bonchev–Trinajstić information content (AvgIpc) is 3.34. The maximum atomic E-state index is 12.7. The zero-order chi connectivity index (χ0) is 19.0. The van der Waals surface area contributed by atoms with Crippen molar-refractivity contribution in [1.29, 1.82) is 0 Å². The molecule has 1 aromatic heterocycles. The van der Waals surface area contributed by atoms with E-state index in [1.165, 1.54) is 0 Å². The molecule has 3 heterocycles. The quantitative estimate of drug-likeness (QED) is 0.795. The van der Waals surface area contributed by atoms with Gasteiger partial charge in [-0.1, -0.05) is 24.3 Å². The van der Waals surface area contributed by atoms with E-state index < -0.39 is 17.3 Å². The molecule has 0 aliphatic carbocycles. The highest BCUT2D eigenvalue weighted by molar-refractivity contribution is 5.92. The number of aliphatic carboxylic acids is 1. The van der Waals surface area contributed by atoms with Crippen LogP contribution in [0.15, 0.2) is 59.7 Å². The first-order valence-electron chi connectivity index (χ1n) is 9.02. The molecule has 0 spiro atoms. The highest BCUT2D eigenvalue weighted by Crippen LogP contribution is 2.44. The van der Waals surface area contributed by atoms with Gasteiger partial charge >= 0.3 is 5.97 Å². The third-order valence-electron chi connectivity index (χ3n) is 5.61. The molecular weight excluding hydrogens is 344 g/mol. The van der Waals surface area contributed by atoms with Crippen molar-refractivity contribution in [3.05, 3.63) is 60.9 Å². The number of fused-ring (bicyclic) bond motifs is 1. The Kier molecular flexibility index (Phi) is 4.36. The topological polar surface area (TPSA) is 74.0 Å². The lowest BCUT2D eigenvalue weighted by Crippen LogP contribution is -2.40. The molecule has 140 valence electrons. The molecule has 2 atom stereocenters. The molecule has 0 saturated carbocycles. The minimum absolute atomic E-state index is 0.0795. The Bertz CT molecular complexity index is 876. The van der Waals surface area contributed by atoms with Gasteiger partial charge in [0.2, 0.25) is 5.91 Å². The molecule has 6 nitrogen and oxygen atoms in total. The van der Waals surface area contributed by atoms with Crippen LogP contribution in [-0.4, -0.2) is 53.0 Å². The van der Waals surface area contributed by atoms with E-state index in [4.69, 9.17) is 4.42 Å². The number of carbonyl (C=O) groups excluding carboxylic acids is 1. The smallest absolute Gasteiger partial charge is 0.313 e. The lowest BCUT2D eigenvalue weighted by molar-refractivity contribution is -0.149. The number of rotatable bonds is 6. The lowest BCUT2D eigenvalue weighted by atomic mass is 9.81. The molecule has 1 amide bonds. The molecule has 4 rings (SSSR count). The summed E-state index contributed by atoms with van der Waals surface area (Å²) in [6, 6.07) is 11.8. The first-order valence-corrected chi connectivity index (χ1v) is 9.02. The van der Waals surface area contributed by atoms with Gasteiger partial charge in [0.1, 0.15) is 11.2 Å². The summed E-state index contributed by atoms with van der Waals surface area (Å²) in [6.07, 6.45) is 3.29. The van der Waals surface area contributed by atoms with Crippen molar-refractivity contribution >= 4 is 11.9 Å². The normalized spacial score (nSPS) is 25.0. The number of benzene rings is 1. The van der Waals surface area contributed by atoms with Gasteiger partial charge in [0, 0.05) is 38.3 Å². The predicted octanol–water partition coefficient (Wildman–Crippen LogP) is 2.48. The van der Waals surface area contributed by atoms with Gasteiger partial charge in [-0.25, -0.2) is 0 Å². The van der Waals surface area contributed by atoms with Crippen LogP contribution >= 0.6 is 0 Å². The maximum Gasteiger partial charge on any atom is 0.313 e. The Morgan fingerprint density at radius 1 is 1.33 bits per heavy atom. The molecule has 2 aliphatic heterocycles. The highest BCUT2D eigenvalue weighted by Gasteiger charge is 2.61. The average molecular weight is 366 g/mol. The van der Waals surface area contributed by atoms with Crippen LogP contribution < -0.4 is 0 Å². The SMILES string of the molecule is C=CCN1C[C@@]2(C(=O)O)CN(Cc3cccc(-c4ccco4)c3)CC2C1=O. The number of hydrogen-bond donors (Lipinski definition) is 1. The molecular formula is C21H22N2O4. The van der Waals surface area contributed by atoms with Gasteiger partial charge in [-0.05, 0) is 23.8 Å². The molecule has 0 bridgehead atoms. The molecule has 2 saturated heterocycles. The standard InChI is InChI=1S/C21H22N2O4/c1-2-8-23-14-21(20(25)26)13-22(12-17(21)19(23)24)11-15-5-3-6-16(10-15)18-7-4-9-27-18/h2-7,9-10,17H,1,8,11-14H2,(H,25,26)/t17?,21-/m0/s1. The van der Waals surface area contributed by atoms with E-state index >= 15 is 0 Å². The van der Waals surface area contributed by atoms with Crippen molar-refractivity contribution in [2.45, 2.75) is 6.54 Å². The molecule has 2 aliphatic rings.